The van der Waals surface area contributed by atoms with E-state index in [0.29, 0.717) is 13.2 Å². The van der Waals surface area contributed by atoms with Crippen LogP contribution in [0, 0.1) is 0 Å². The van der Waals surface area contributed by atoms with Crippen LogP contribution in [0.5, 0.6) is 5.75 Å². The number of nitrogens with zero attached hydrogens (tertiary/aromatic N) is 1. The number of aliphatic hydroxyl groups excluding tert-OH is 1. The van der Waals surface area contributed by atoms with E-state index in [1.165, 1.54) is 11.1 Å². The third kappa shape index (κ3) is 5.47. The van der Waals surface area contributed by atoms with E-state index in [1.54, 1.807) is 6.26 Å². The monoisotopic (exact) mass is 402 g/mol. The normalized spacial score (nSPS) is 21.2. The topological polar surface area (TPSA) is 71.0 Å². The number of hydrogen-bond acceptors (Lipinski definition) is 5. The lowest BCUT2D eigenvalue weighted by Crippen LogP contribution is -2.37. The van der Waals surface area contributed by atoms with E-state index in [-0.39, 0.29) is 18.8 Å². The smallest absolute Gasteiger partial charge is 0.119 e. The standard InChI is InChI=1S/C18H31N2O4PS/c1-26(22,25)20-9-6-14-10-17(3-2-15(14)11-20)23-13-18(12-21)24-16-4-7-19-8-5-16/h2-3,10,16,18-19,21,26H,4-9,11-13,25H2,1H3. The van der Waals surface area contributed by atoms with Crippen LogP contribution in [-0.2, 0) is 27.4 Å². The second-order valence-corrected chi connectivity index (χ2v) is 12.5. The second kappa shape index (κ2) is 9.09. The van der Waals surface area contributed by atoms with Gasteiger partial charge in [-0.2, -0.15) is 0 Å². The SMILES string of the molecule is C[SH](=O)(P)N1CCc2cc(OCC(CO)OC3CCNCC3)ccc2C1. The molecule has 1 fully saturated rings. The Labute approximate surface area is 159 Å². The summed E-state index contributed by atoms with van der Waals surface area (Å²) in [6.45, 7) is 3.75. The molecule has 8 heteroatoms. The molecule has 2 atom stereocenters. The van der Waals surface area contributed by atoms with E-state index in [0.717, 1.165) is 44.6 Å². The molecule has 0 radical (unpaired) electrons. The molecule has 2 aliphatic rings. The highest BCUT2D eigenvalue weighted by Gasteiger charge is 2.22. The van der Waals surface area contributed by atoms with Gasteiger partial charge in [-0.1, -0.05) is 14.5 Å². The molecular weight excluding hydrogens is 371 g/mol. The molecular formula is C18H31N2O4PS. The second-order valence-electron chi connectivity index (χ2n) is 7.21. The molecule has 0 spiro atoms. The molecule has 2 aliphatic heterocycles. The Bertz CT molecular complexity index is 648. The average Bonchev–Trinajstić information content (AvgIpc) is 2.64. The van der Waals surface area contributed by atoms with Crippen molar-refractivity contribution in [3.05, 3.63) is 29.3 Å². The summed E-state index contributed by atoms with van der Waals surface area (Å²) in [4.78, 5) is 0. The van der Waals surface area contributed by atoms with Crippen molar-refractivity contribution in [1.82, 2.24) is 9.62 Å². The summed E-state index contributed by atoms with van der Waals surface area (Å²) in [5, 5.41) is 12.9. The van der Waals surface area contributed by atoms with E-state index >= 15 is 0 Å². The van der Waals surface area contributed by atoms with Gasteiger partial charge in [0.15, 0.2) is 0 Å². The molecule has 1 aromatic rings. The summed E-state index contributed by atoms with van der Waals surface area (Å²) in [6.07, 6.45) is 4.51. The van der Waals surface area contributed by atoms with Gasteiger partial charge in [-0.25, -0.2) is 4.31 Å². The Hall–Kier alpha value is -0.560. The Morgan fingerprint density at radius 2 is 2.15 bits per heavy atom. The first-order valence-corrected chi connectivity index (χ1v) is 13.0. The molecule has 0 saturated carbocycles. The Morgan fingerprint density at radius 3 is 2.85 bits per heavy atom. The maximum Gasteiger partial charge on any atom is 0.119 e. The van der Waals surface area contributed by atoms with Gasteiger partial charge in [0.25, 0.3) is 0 Å². The number of thiol groups is 1. The molecule has 0 aromatic heterocycles. The molecule has 0 aliphatic carbocycles. The predicted octanol–water partition coefficient (Wildman–Crippen LogP) is 0.905. The highest BCUT2D eigenvalue weighted by molar-refractivity contribution is 8.43. The van der Waals surface area contributed by atoms with Crippen molar-refractivity contribution in [1.29, 1.82) is 0 Å². The maximum absolute atomic E-state index is 12.2. The summed E-state index contributed by atoms with van der Waals surface area (Å²) in [5.41, 5.74) is 2.45. The first-order chi connectivity index (χ1) is 12.5. The maximum atomic E-state index is 12.2. The fraction of sp³-hybridized carbons (Fsp3) is 0.667. The van der Waals surface area contributed by atoms with Gasteiger partial charge in [-0.05, 0) is 65.4 Å². The van der Waals surface area contributed by atoms with Crippen molar-refractivity contribution >= 4 is 18.2 Å². The van der Waals surface area contributed by atoms with E-state index in [4.69, 9.17) is 9.47 Å². The van der Waals surface area contributed by atoms with E-state index in [9.17, 15) is 9.32 Å². The molecule has 2 N–H and O–H groups in total. The molecule has 0 amide bonds. The lowest BCUT2D eigenvalue weighted by atomic mass is 10.0. The Kier molecular flexibility index (Phi) is 7.05. The van der Waals surface area contributed by atoms with E-state index < -0.39 is 9.74 Å². The minimum Gasteiger partial charge on any atom is -0.491 e. The number of aliphatic hydroxyl groups is 1. The number of fused-ring (bicyclic) bond motifs is 1. The minimum absolute atomic E-state index is 0.0379. The van der Waals surface area contributed by atoms with Crippen LogP contribution in [0.4, 0.5) is 0 Å². The Balaban J connectivity index is 1.54. The van der Waals surface area contributed by atoms with Gasteiger partial charge < -0.3 is 19.9 Å². The van der Waals surface area contributed by atoms with Gasteiger partial charge in [0.2, 0.25) is 0 Å². The summed E-state index contributed by atoms with van der Waals surface area (Å²) in [7, 11) is 0.200. The third-order valence-corrected chi connectivity index (χ3v) is 7.49. The predicted molar refractivity (Wildman–Crippen MR) is 109 cm³/mol. The lowest BCUT2D eigenvalue weighted by molar-refractivity contribution is -0.0675. The van der Waals surface area contributed by atoms with Crippen LogP contribution in [0.25, 0.3) is 0 Å². The summed E-state index contributed by atoms with van der Waals surface area (Å²) in [6, 6.07) is 6.07. The first kappa shape index (κ1) is 20.2. The zero-order chi connectivity index (χ0) is 18.6. The lowest BCUT2D eigenvalue weighted by Gasteiger charge is -2.34. The summed E-state index contributed by atoms with van der Waals surface area (Å²) < 4.78 is 26.1. The van der Waals surface area contributed by atoms with Crippen molar-refractivity contribution in [2.75, 3.05) is 39.1 Å². The van der Waals surface area contributed by atoms with Crippen molar-refractivity contribution in [3.63, 3.8) is 0 Å². The van der Waals surface area contributed by atoms with Gasteiger partial charge in [0.1, 0.15) is 18.5 Å². The third-order valence-electron chi connectivity index (χ3n) is 5.04. The zero-order valence-electron chi connectivity index (χ0n) is 15.4. The molecule has 2 heterocycles. The van der Waals surface area contributed by atoms with Crippen molar-refractivity contribution in [2.24, 2.45) is 0 Å². The molecule has 1 saturated heterocycles. The quantitative estimate of drug-likeness (QED) is 0.467. The van der Waals surface area contributed by atoms with Gasteiger partial charge in [0, 0.05) is 19.3 Å². The molecule has 148 valence electrons. The van der Waals surface area contributed by atoms with Crippen LogP contribution in [0.15, 0.2) is 18.2 Å². The molecule has 3 rings (SSSR count). The van der Waals surface area contributed by atoms with Crippen LogP contribution >= 0.6 is 8.44 Å². The number of ether oxygens (including phenoxy) is 2. The number of hydrogen-bond donors (Lipinski definition) is 3. The summed E-state index contributed by atoms with van der Waals surface area (Å²) in [5.74, 6) is 0.801. The first-order valence-electron chi connectivity index (χ1n) is 9.29. The van der Waals surface area contributed by atoms with Crippen molar-refractivity contribution < 1.29 is 18.8 Å². The minimum atomic E-state index is -2.29. The average molecular weight is 402 g/mol. The van der Waals surface area contributed by atoms with E-state index in [2.05, 4.69) is 25.9 Å². The number of benzene rings is 1. The fourth-order valence-corrected chi connectivity index (χ4v) is 4.99. The molecule has 0 bridgehead atoms. The zero-order valence-corrected chi connectivity index (χ0v) is 17.4. The van der Waals surface area contributed by atoms with Crippen LogP contribution in [0.3, 0.4) is 0 Å². The van der Waals surface area contributed by atoms with Crippen LogP contribution in [0.1, 0.15) is 24.0 Å². The molecule has 1 aromatic carbocycles. The van der Waals surface area contributed by atoms with Gasteiger partial charge in [-0.3, -0.25) is 4.21 Å². The number of rotatable bonds is 7. The molecule has 2 unspecified atom stereocenters. The van der Waals surface area contributed by atoms with Crippen LogP contribution in [-0.4, -0.2) is 64.9 Å². The van der Waals surface area contributed by atoms with Crippen LogP contribution in [0.2, 0.25) is 0 Å². The largest absolute Gasteiger partial charge is 0.491 e. The summed E-state index contributed by atoms with van der Waals surface area (Å²) >= 11 is 0. The van der Waals surface area contributed by atoms with Crippen LogP contribution < -0.4 is 10.1 Å². The van der Waals surface area contributed by atoms with Gasteiger partial charge in [-0.15, -0.1) is 0 Å². The van der Waals surface area contributed by atoms with Gasteiger partial charge in [0.05, 0.1) is 12.7 Å². The van der Waals surface area contributed by atoms with Gasteiger partial charge >= 0.3 is 0 Å². The fourth-order valence-electron chi connectivity index (χ4n) is 3.47. The number of nitrogens with one attached hydrogen (secondary N) is 1. The molecule has 6 nitrogen and oxygen atoms in total. The van der Waals surface area contributed by atoms with Crippen molar-refractivity contribution in [3.8, 4) is 5.75 Å². The number of piperidine rings is 1. The molecule has 26 heavy (non-hydrogen) atoms. The Morgan fingerprint density at radius 1 is 1.38 bits per heavy atom. The highest BCUT2D eigenvalue weighted by Crippen LogP contribution is 2.29. The highest BCUT2D eigenvalue weighted by atomic mass is 32.8. The van der Waals surface area contributed by atoms with E-state index in [1.807, 2.05) is 10.4 Å². The van der Waals surface area contributed by atoms with Crippen molar-refractivity contribution in [2.45, 2.75) is 38.0 Å².